The molecule has 1 aliphatic rings. The van der Waals surface area contributed by atoms with Gasteiger partial charge in [-0.1, -0.05) is 24.3 Å². The monoisotopic (exact) mass is 406 g/mol. The maximum atomic E-state index is 10.2. The Hall–Kier alpha value is -2.82. The van der Waals surface area contributed by atoms with Crippen molar-refractivity contribution in [2.45, 2.75) is 30.7 Å². The first kappa shape index (κ1) is 20.9. The van der Waals surface area contributed by atoms with Crippen molar-refractivity contribution >= 4 is 12.2 Å². The molecule has 0 unspecified atom stereocenters. The predicted molar refractivity (Wildman–Crippen MR) is 101 cm³/mol. The Balaban J connectivity index is 1.89. The summed E-state index contributed by atoms with van der Waals surface area (Å²) < 4.78 is 10.8. The Morgan fingerprint density at radius 3 is 2.21 bits per heavy atom. The second-order valence-corrected chi connectivity index (χ2v) is 6.62. The van der Waals surface area contributed by atoms with Crippen LogP contribution < -0.4 is 4.74 Å². The van der Waals surface area contributed by atoms with Crippen LogP contribution in [0.1, 0.15) is 11.1 Å². The minimum Gasteiger partial charge on any atom is -0.508 e. The number of hydrogen-bond acceptors (Lipinski definition) is 9. The van der Waals surface area contributed by atoms with Gasteiger partial charge < -0.3 is 45.2 Å². The van der Waals surface area contributed by atoms with Crippen LogP contribution in [-0.2, 0) is 4.74 Å². The van der Waals surface area contributed by atoms with Gasteiger partial charge >= 0.3 is 0 Å². The van der Waals surface area contributed by atoms with Crippen LogP contribution in [0, 0.1) is 0 Å². The van der Waals surface area contributed by atoms with Crippen LogP contribution in [0.3, 0.4) is 0 Å². The molecule has 2 aromatic rings. The van der Waals surface area contributed by atoms with Crippen molar-refractivity contribution in [2.24, 2.45) is 0 Å². The minimum atomic E-state index is -1.66. The van der Waals surface area contributed by atoms with E-state index in [-0.39, 0.29) is 22.8 Å². The van der Waals surface area contributed by atoms with E-state index in [9.17, 15) is 35.7 Å². The SMILES string of the molecule is OC[C@H]1O[C@@H](Oc2c(O)cc(O)cc2/C=C/c2ccc(O)cc2)[C@H](O)[C@@H](O)[C@@H]1O. The zero-order valence-corrected chi connectivity index (χ0v) is 15.2. The number of phenols is 3. The molecule has 0 aromatic heterocycles. The summed E-state index contributed by atoms with van der Waals surface area (Å²) in [6, 6.07) is 8.60. The van der Waals surface area contributed by atoms with E-state index in [2.05, 4.69) is 0 Å². The van der Waals surface area contributed by atoms with Crippen molar-refractivity contribution in [1.29, 1.82) is 0 Å². The third-order valence-corrected chi connectivity index (χ3v) is 4.51. The average molecular weight is 406 g/mol. The molecule has 9 nitrogen and oxygen atoms in total. The number of aliphatic hydroxyl groups is 4. The van der Waals surface area contributed by atoms with E-state index in [1.54, 1.807) is 18.2 Å². The molecule has 0 radical (unpaired) electrons. The molecule has 0 saturated carbocycles. The Morgan fingerprint density at radius 2 is 1.55 bits per heavy atom. The number of ether oxygens (including phenoxy) is 2. The van der Waals surface area contributed by atoms with Gasteiger partial charge in [-0.25, -0.2) is 0 Å². The molecular formula is C20H22O9. The molecule has 29 heavy (non-hydrogen) atoms. The van der Waals surface area contributed by atoms with Gasteiger partial charge in [-0.15, -0.1) is 0 Å². The minimum absolute atomic E-state index is 0.101. The molecule has 5 atom stereocenters. The fraction of sp³-hybridized carbons (Fsp3) is 0.300. The summed E-state index contributed by atoms with van der Waals surface area (Å²) in [5, 5.41) is 68.5. The molecule has 2 aromatic carbocycles. The van der Waals surface area contributed by atoms with Gasteiger partial charge in [0.15, 0.2) is 11.5 Å². The Morgan fingerprint density at radius 1 is 0.862 bits per heavy atom. The molecule has 7 N–H and O–H groups in total. The van der Waals surface area contributed by atoms with Crippen LogP contribution in [-0.4, -0.2) is 73.1 Å². The van der Waals surface area contributed by atoms with Crippen molar-refractivity contribution in [2.75, 3.05) is 6.61 Å². The van der Waals surface area contributed by atoms with Gasteiger partial charge in [0.2, 0.25) is 6.29 Å². The van der Waals surface area contributed by atoms with Crippen molar-refractivity contribution < 1.29 is 45.2 Å². The highest BCUT2D eigenvalue weighted by Gasteiger charge is 2.45. The average Bonchev–Trinajstić information content (AvgIpc) is 2.69. The molecule has 0 aliphatic carbocycles. The van der Waals surface area contributed by atoms with Crippen LogP contribution in [0.15, 0.2) is 36.4 Å². The van der Waals surface area contributed by atoms with E-state index < -0.39 is 43.1 Å². The lowest BCUT2D eigenvalue weighted by molar-refractivity contribution is -0.277. The molecule has 1 saturated heterocycles. The first-order chi connectivity index (χ1) is 13.8. The summed E-state index contributed by atoms with van der Waals surface area (Å²) in [6.07, 6.45) is -4.36. The molecule has 0 amide bonds. The van der Waals surface area contributed by atoms with E-state index in [1.165, 1.54) is 24.3 Å². The number of benzene rings is 2. The van der Waals surface area contributed by atoms with Crippen LogP contribution in [0.4, 0.5) is 0 Å². The summed E-state index contributed by atoms with van der Waals surface area (Å²) >= 11 is 0. The van der Waals surface area contributed by atoms with Crippen LogP contribution in [0.2, 0.25) is 0 Å². The highest BCUT2D eigenvalue weighted by atomic mass is 16.7. The quantitative estimate of drug-likeness (QED) is 0.343. The molecule has 0 bridgehead atoms. The Bertz CT molecular complexity index is 863. The first-order valence-electron chi connectivity index (χ1n) is 8.80. The number of phenolic OH excluding ortho intramolecular Hbond substituents is 3. The maximum Gasteiger partial charge on any atom is 0.229 e. The smallest absolute Gasteiger partial charge is 0.229 e. The number of hydrogen-bond donors (Lipinski definition) is 7. The third-order valence-electron chi connectivity index (χ3n) is 4.51. The van der Waals surface area contributed by atoms with Crippen LogP contribution in [0.25, 0.3) is 12.2 Å². The van der Waals surface area contributed by atoms with Gasteiger partial charge in [0.1, 0.15) is 35.9 Å². The summed E-state index contributed by atoms with van der Waals surface area (Å²) in [7, 11) is 0. The highest BCUT2D eigenvalue weighted by molar-refractivity contribution is 5.75. The molecular weight excluding hydrogens is 384 g/mol. The fourth-order valence-electron chi connectivity index (χ4n) is 2.92. The van der Waals surface area contributed by atoms with E-state index >= 15 is 0 Å². The van der Waals surface area contributed by atoms with E-state index in [0.29, 0.717) is 5.56 Å². The van der Waals surface area contributed by atoms with E-state index in [1.807, 2.05) is 0 Å². The normalized spacial score (nSPS) is 27.2. The molecule has 1 aliphatic heterocycles. The van der Waals surface area contributed by atoms with Gasteiger partial charge in [0.05, 0.1) is 6.61 Å². The number of aliphatic hydroxyl groups excluding tert-OH is 4. The van der Waals surface area contributed by atoms with Gasteiger partial charge in [0.25, 0.3) is 0 Å². The van der Waals surface area contributed by atoms with Crippen molar-refractivity contribution in [3.05, 3.63) is 47.5 Å². The zero-order valence-electron chi connectivity index (χ0n) is 15.2. The topological polar surface area (TPSA) is 160 Å². The second-order valence-electron chi connectivity index (χ2n) is 6.62. The summed E-state index contributed by atoms with van der Waals surface area (Å²) in [6.45, 7) is -0.625. The molecule has 3 rings (SSSR count). The molecule has 1 fully saturated rings. The lowest BCUT2D eigenvalue weighted by Gasteiger charge is -2.39. The van der Waals surface area contributed by atoms with Crippen LogP contribution >= 0.6 is 0 Å². The molecule has 1 heterocycles. The van der Waals surface area contributed by atoms with Crippen molar-refractivity contribution in [1.82, 2.24) is 0 Å². The maximum absolute atomic E-state index is 10.2. The predicted octanol–water partition coefficient (Wildman–Crippen LogP) is 0.152. The summed E-state index contributed by atoms with van der Waals surface area (Å²) in [4.78, 5) is 0. The lowest BCUT2D eigenvalue weighted by atomic mass is 9.99. The van der Waals surface area contributed by atoms with Gasteiger partial charge in [0, 0.05) is 11.6 Å². The second kappa shape index (κ2) is 8.68. The Kier molecular flexibility index (Phi) is 6.26. The molecule has 0 spiro atoms. The summed E-state index contributed by atoms with van der Waals surface area (Å²) in [5.74, 6) is -0.743. The number of rotatable bonds is 5. The van der Waals surface area contributed by atoms with E-state index in [4.69, 9.17) is 9.47 Å². The Labute approximate surface area is 165 Å². The van der Waals surface area contributed by atoms with Crippen LogP contribution in [0.5, 0.6) is 23.0 Å². The third kappa shape index (κ3) is 4.61. The molecule has 9 heteroatoms. The van der Waals surface area contributed by atoms with Gasteiger partial charge in [-0.3, -0.25) is 0 Å². The van der Waals surface area contributed by atoms with Crippen molar-refractivity contribution in [3.8, 4) is 23.0 Å². The fourth-order valence-corrected chi connectivity index (χ4v) is 2.92. The van der Waals surface area contributed by atoms with Gasteiger partial charge in [-0.2, -0.15) is 0 Å². The number of aromatic hydroxyl groups is 3. The summed E-state index contributed by atoms with van der Waals surface area (Å²) in [5.41, 5.74) is 0.942. The lowest BCUT2D eigenvalue weighted by Crippen LogP contribution is -2.60. The first-order valence-corrected chi connectivity index (χ1v) is 8.80. The zero-order chi connectivity index (χ0) is 21.1. The largest absolute Gasteiger partial charge is 0.508 e. The highest BCUT2D eigenvalue weighted by Crippen LogP contribution is 2.38. The standard InChI is InChI=1S/C20H22O9/c21-9-15-16(25)17(26)18(27)20(28-15)29-19-11(7-13(23)8-14(19)24)4-1-10-2-5-12(22)6-3-10/h1-8,15-18,20-27H,9H2/b4-1+/t15-,16-,17+,18-,20+/m1/s1. The van der Waals surface area contributed by atoms with E-state index in [0.717, 1.165) is 6.07 Å². The molecule has 156 valence electrons. The van der Waals surface area contributed by atoms with Crippen molar-refractivity contribution in [3.63, 3.8) is 0 Å². The van der Waals surface area contributed by atoms with Gasteiger partial charge in [-0.05, 0) is 23.8 Å².